The summed E-state index contributed by atoms with van der Waals surface area (Å²) in [5, 5.41) is 3.36. The molecule has 7 nitrogen and oxygen atoms in total. The molecule has 0 radical (unpaired) electrons. The molecule has 4 aromatic carbocycles. The summed E-state index contributed by atoms with van der Waals surface area (Å²) < 4.78 is 25.7. The lowest BCUT2D eigenvalue weighted by atomic mass is 9.79. The van der Waals surface area contributed by atoms with Crippen LogP contribution in [0.5, 0.6) is 0 Å². The fourth-order valence-corrected chi connectivity index (χ4v) is 7.05. The van der Waals surface area contributed by atoms with E-state index in [0.717, 1.165) is 23.1 Å². The summed E-state index contributed by atoms with van der Waals surface area (Å²) in [6.45, 7) is 2.01. The van der Waals surface area contributed by atoms with Gasteiger partial charge in [0.15, 0.2) is 6.10 Å². The Hall–Kier alpha value is -4.34. The van der Waals surface area contributed by atoms with Crippen molar-refractivity contribution in [3.8, 4) is 0 Å². The van der Waals surface area contributed by atoms with E-state index in [1.165, 1.54) is 15.6 Å². The van der Waals surface area contributed by atoms with Crippen molar-refractivity contribution in [1.82, 2.24) is 4.90 Å². The lowest BCUT2D eigenvalue weighted by Gasteiger charge is -2.54. The smallest absolute Gasteiger partial charge is 0.397 e. The van der Waals surface area contributed by atoms with E-state index in [1.54, 1.807) is 11.3 Å². The number of likely N-dealkylation sites (tertiary alicyclic amines) is 1. The van der Waals surface area contributed by atoms with Crippen LogP contribution >= 0.6 is 11.3 Å². The van der Waals surface area contributed by atoms with Gasteiger partial charge >= 0.3 is 17.8 Å². The first-order chi connectivity index (χ1) is 22.1. The molecule has 1 atom stereocenters. The Morgan fingerprint density at radius 1 is 0.778 bits per heavy atom. The summed E-state index contributed by atoms with van der Waals surface area (Å²) in [5.74, 6) is -3.68. The molecule has 8 heteroatoms. The molecule has 0 bridgehead atoms. The Labute approximate surface area is 265 Å². The zero-order valence-electron chi connectivity index (χ0n) is 24.7. The predicted octanol–water partition coefficient (Wildman–Crippen LogP) is 6.30. The minimum atomic E-state index is -1.65. The summed E-state index contributed by atoms with van der Waals surface area (Å²) in [7, 11) is 0. The SMILES string of the molecule is O=C1OC2(OC1=O)C(OC(c1ccccc1)(c1ccccc1)c1ccccc1)CN2CCCOCCc1ccc2sccc2c1. The summed E-state index contributed by atoms with van der Waals surface area (Å²) in [6, 6.07) is 38.5. The van der Waals surface area contributed by atoms with Gasteiger partial charge in [-0.2, -0.15) is 0 Å². The van der Waals surface area contributed by atoms with Crippen molar-refractivity contribution in [3.05, 3.63) is 143 Å². The maximum absolute atomic E-state index is 12.5. The van der Waals surface area contributed by atoms with Gasteiger partial charge in [-0.15, -0.1) is 11.3 Å². The Morgan fingerprint density at radius 3 is 1.98 bits per heavy atom. The van der Waals surface area contributed by atoms with Crippen molar-refractivity contribution in [2.24, 2.45) is 0 Å². The normalized spacial score (nSPS) is 17.7. The first kappa shape index (κ1) is 29.4. The quantitative estimate of drug-likeness (QED) is 0.0703. The third kappa shape index (κ3) is 5.55. The van der Waals surface area contributed by atoms with Crippen molar-refractivity contribution < 1.29 is 28.5 Å². The molecular formula is C37H33NO6S. The molecule has 45 heavy (non-hydrogen) atoms. The molecule has 1 spiro atoms. The second kappa shape index (κ2) is 12.6. The molecule has 228 valence electrons. The molecule has 1 unspecified atom stereocenters. The van der Waals surface area contributed by atoms with Crippen LogP contribution in [0.1, 0.15) is 28.7 Å². The number of ether oxygens (including phenoxy) is 4. The molecule has 3 heterocycles. The van der Waals surface area contributed by atoms with Gasteiger partial charge < -0.3 is 18.9 Å². The Bertz CT molecular complexity index is 1660. The Balaban J connectivity index is 1.08. The first-order valence-electron chi connectivity index (χ1n) is 15.2. The Morgan fingerprint density at radius 2 is 1.38 bits per heavy atom. The number of carbonyl (C=O) groups is 2. The van der Waals surface area contributed by atoms with Crippen molar-refractivity contribution in [3.63, 3.8) is 0 Å². The van der Waals surface area contributed by atoms with E-state index in [-0.39, 0.29) is 0 Å². The number of carbonyl (C=O) groups excluding carboxylic acids is 2. The van der Waals surface area contributed by atoms with Gasteiger partial charge in [-0.3, -0.25) is 0 Å². The molecule has 5 aromatic rings. The minimum absolute atomic E-state index is 0.398. The molecule has 2 aliphatic rings. The highest BCUT2D eigenvalue weighted by atomic mass is 32.1. The number of hydrogen-bond acceptors (Lipinski definition) is 8. The second-order valence-corrected chi connectivity index (χ2v) is 12.2. The van der Waals surface area contributed by atoms with Crippen LogP contribution < -0.4 is 0 Å². The zero-order valence-corrected chi connectivity index (χ0v) is 25.5. The second-order valence-electron chi connectivity index (χ2n) is 11.3. The van der Waals surface area contributed by atoms with Gasteiger partial charge in [0.2, 0.25) is 0 Å². The average Bonchev–Trinajstić information content (AvgIpc) is 3.69. The largest absolute Gasteiger partial charge is 0.422 e. The fraction of sp³-hybridized carbons (Fsp3) is 0.243. The third-order valence-corrected chi connectivity index (χ3v) is 9.40. The highest BCUT2D eigenvalue weighted by molar-refractivity contribution is 7.17. The van der Waals surface area contributed by atoms with Gasteiger partial charge in [-0.25, -0.2) is 14.5 Å². The van der Waals surface area contributed by atoms with Crippen molar-refractivity contribution in [2.75, 3.05) is 26.3 Å². The van der Waals surface area contributed by atoms with E-state index in [2.05, 4.69) is 29.6 Å². The molecule has 1 aromatic heterocycles. The summed E-state index contributed by atoms with van der Waals surface area (Å²) >= 11 is 1.74. The minimum Gasteiger partial charge on any atom is -0.397 e. The number of thiophene rings is 1. The van der Waals surface area contributed by atoms with E-state index in [0.29, 0.717) is 32.7 Å². The number of benzene rings is 4. The van der Waals surface area contributed by atoms with Crippen LogP contribution in [0.3, 0.4) is 0 Å². The first-order valence-corrected chi connectivity index (χ1v) is 16.1. The third-order valence-electron chi connectivity index (χ3n) is 8.51. The van der Waals surface area contributed by atoms with Crippen LogP contribution in [-0.4, -0.2) is 55.2 Å². The zero-order chi connectivity index (χ0) is 30.7. The molecule has 0 N–H and O–H groups in total. The van der Waals surface area contributed by atoms with Crippen molar-refractivity contribution in [1.29, 1.82) is 0 Å². The topological polar surface area (TPSA) is 74.3 Å². The molecule has 7 rings (SSSR count). The fourth-order valence-electron chi connectivity index (χ4n) is 6.28. The van der Waals surface area contributed by atoms with Crippen molar-refractivity contribution in [2.45, 2.75) is 30.5 Å². The van der Waals surface area contributed by atoms with Gasteiger partial charge in [-0.05, 0) is 58.0 Å². The lowest BCUT2D eigenvalue weighted by molar-refractivity contribution is -0.372. The number of nitrogens with zero attached hydrogens (tertiary/aromatic N) is 1. The monoisotopic (exact) mass is 619 g/mol. The highest BCUT2D eigenvalue weighted by Crippen LogP contribution is 2.48. The van der Waals surface area contributed by atoms with Crippen LogP contribution in [-0.2, 0) is 40.6 Å². The number of fused-ring (bicyclic) bond motifs is 1. The molecular weight excluding hydrogens is 586 g/mol. The Kier molecular flexibility index (Phi) is 8.21. The van der Waals surface area contributed by atoms with E-state index in [1.807, 2.05) is 95.9 Å². The molecule has 2 fully saturated rings. The van der Waals surface area contributed by atoms with Gasteiger partial charge in [0, 0.05) is 24.4 Å². The predicted molar refractivity (Wildman–Crippen MR) is 172 cm³/mol. The standard InChI is InChI=1S/C37H33NO6S/c39-34-35(40)44-37(43-34)33(26-38(37)21-10-22-41-23-19-27-17-18-32-28(25-27)20-24-45-32)42-36(29-11-4-1-5-12-29,30-13-6-2-7-14-30)31-15-8-3-9-16-31/h1-9,11-18,20,24-25,33H,10,19,21-23,26H2. The number of hydrogen-bond donors (Lipinski definition) is 0. The lowest BCUT2D eigenvalue weighted by Crippen LogP contribution is -2.73. The maximum Gasteiger partial charge on any atom is 0.422 e. The number of esters is 2. The van der Waals surface area contributed by atoms with E-state index < -0.39 is 29.6 Å². The van der Waals surface area contributed by atoms with Crippen LogP contribution in [0.4, 0.5) is 0 Å². The molecule has 0 saturated carbocycles. The van der Waals surface area contributed by atoms with Gasteiger partial charge in [0.1, 0.15) is 5.60 Å². The summed E-state index contributed by atoms with van der Waals surface area (Å²) in [4.78, 5) is 26.8. The van der Waals surface area contributed by atoms with E-state index >= 15 is 0 Å². The molecule has 2 saturated heterocycles. The molecule has 0 amide bonds. The average molecular weight is 620 g/mol. The van der Waals surface area contributed by atoms with Crippen LogP contribution in [0.15, 0.2) is 121 Å². The maximum atomic E-state index is 12.5. The van der Waals surface area contributed by atoms with Crippen LogP contribution in [0.2, 0.25) is 0 Å². The number of rotatable bonds is 12. The molecule has 0 aliphatic carbocycles. The van der Waals surface area contributed by atoms with E-state index in [9.17, 15) is 9.59 Å². The van der Waals surface area contributed by atoms with Crippen LogP contribution in [0, 0.1) is 0 Å². The summed E-state index contributed by atoms with van der Waals surface area (Å²) in [6.07, 6.45) is 0.737. The molecule has 2 aliphatic heterocycles. The van der Waals surface area contributed by atoms with Gasteiger partial charge in [0.25, 0.3) is 0 Å². The highest BCUT2D eigenvalue weighted by Gasteiger charge is 2.68. The van der Waals surface area contributed by atoms with Crippen LogP contribution in [0.25, 0.3) is 10.1 Å². The summed E-state index contributed by atoms with van der Waals surface area (Å²) in [5.41, 5.74) is 2.88. The van der Waals surface area contributed by atoms with Gasteiger partial charge in [-0.1, -0.05) is 103 Å². The van der Waals surface area contributed by atoms with Gasteiger partial charge in [0.05, 0.1) is 6.61 Å². The van der Waals surface area contributed by atoms with Crippen molar-refractivity contribution >= 4 is 33.4 Å². The van der Waals surface area contributed by atoms with E-state index in [4.69, 9.17) is 18.9 Å².